The highest BCUT2D eigenvalue weighted by Crippen LogP contribution is 2.42. The molecular formula is C16H21BN2. The van der Waals surface area contributed by atoms with E-state index in [4.69, 9.17) is 0 Å². The van der Waals surface area contributed by atoms with E-state index in [2.05, 4.69) is 76.3 Å². The minimum absolute atomic E-state index is 0.129. The Morgan fingerprint density at radius 1 is 1.11 bits per heavy atom. The second-order valence-corrected chi connectivity index (χ2v) is 6.66. The summed E-state index contributed by atoms with van der Waals surface area (Å²) in [7, 11) is 2.22. The van der Waals surface area contributed by atoms with Gasteiger partial charge in [-0.3, -0.25) is 0 Å². The molecule has 1 aromatic heterocycles. The summed E-state index contributed by atoms with van der Waals surface area (Å²) >= 11 is 0. The highest BCUT2D eigenvalue weighted by atomic mass is 15.1. The molecule has 3 heteroatoms. The normalized spacial score (nSPS) is 18.2. The molecule has 3 heterocycles. The maximum Gasteiger partial charge on any atom is 0.221 e. The molecule has 0 spiro atoms. The van der Waals surface area contributed by atoms with Gasteiger partial charge in [-0.25, -0.2) is 0 Å². The van der Waals surface area contributed by atoms with E-state index in [1.807, 2.05) is 0 Å². The van der Waals surface area contributed by atoms with Gasteiger partial charge in [0.25, 0.3) is 0 Å². The van der Waals surface area contributed by atoms with Gasteiger partial charge in [0.2, 0.25) is 7.55 Å². The highest BCUT2D eigenvalue weighted by Gasteiger charge is 2.33. The molecule has 2 nitrogen and oxygen atoms in total. The first kappa shape index (κ1) is 12.5. The van der Waals surface area contributed by atoms with Crippen molar-refractivity contribution < 1.29 is 4.49 Å². The molecule has 2 radical (unpaired) electrons. The quantitative estimate of drug-likeness (QED) is 0.626. The maximum atomic E-state index is 2.33. The Hall–Kier alpha value is -1.51. The van der Waals surface area contributed by atoms with Crippen LogP contribution in [0.2, 0.25) is 0 Å². The number of fused-ring (bicyclic) bond motifs is 2. The van der Waals surface area contributed by atoms with E-state index in [-0.39, 0.29) is 5.41 Å². The summed E-state index contributed by atoms with van der Waals surface area (Å²) in [5, 5.41) is 0. The lowest BCUT2D eigenvalue weighted by Gasteiger charge is -2.35. The van der Waals surface area contributed by atoms with Crippen molar-refractivity contribution in [2.75, 3.05) is 0 Å². The van der Waals surface area contributed by atoms with Crippen molar-refractivity contribution in [1.29, 1.82) is 0 Å². The summed E-state index contributed by atoms with van der Waals surface area (Å²) in [5.41, 5.74) is 8.22. The zero-order valence-corrected chi connectivity index (χ0v) is 12.7. The van der Waals surface area contributed by atoms with Crippen molar-refractivity contribution in [3.8, 4) is 0 Å². The lowest BCUT2D eigenvalue weighted by atomic mass is 9.79. The van der Waals surface area contributed by atoms with Gasteiger partial charge in [0.05, 0.1) is 0 Å². The fraction of sp³-hybridized carbons (Fsp3) is 0.438. The minimum atomic E-state index is 0.129. The molecule has 0 aliphatic carbocycles. The molecule has 0 amide bonds. The predicted octanol–water partition coefficient (Wildman–Crippen LogP) is 3.30. The molecule has 0 saturated heterocycles. The van der Waals surface area contributed by atoms with Crippen LogP contribution in [0, 0.1) is 19.3 Å². The Kier molecular flexibility index (Phi) is 2.47. The summed E-state index contributed by atoms with van der Waals surface area (Å²) in [6.45, 7) is 13.4. The van der Waals surface area contributed by atoms with Gasteiger partial charge in [0.1, 0.15) is 5.71 Å². The molecule has 0 atom stereocenters. The minimum Gasteiger partial charge on any atom is -0.504 e. The van der Waals surface area contributed by atoms with E-state index < -0.39 is 0 Å². The monoisotopic (exact) mass is 252 g/mol. The summed E-state index contributed by atoms with van der Waals surface area (Å²) in [4.78, 5) is 0. The Balaban J connectivity index is 2.39. The first-order valence-electron chi connectivity index (χ1n) is 6.90. The van der Waals surface area contributed by atoms with Gasteiger partial charge < -0.3 is 8.96 Å². The fourth-order valence-electron chi connectivity index (χ4n) is 3.17. The molecule has 0 bridgehead atoms. The Labute approximate surface area is 116 Å². The van der Waals surface area contributed by atoms with Gasteiger partial charge in [-0.2, -0.15) is 0 Å². The van der Waals surface area contributed by atoms with Crippen LogP contribution in [0.3, 0.4) is 0 Å². The molecule has 3 rings (SSSR count). The van der Waals surface area contributed by atoms with E-state index >= 15 is 0 Å². The van der Waals surface area contributed by atoms with Gasteiger partial charge >= 0.3 is 0 Å². The molecule has 2 aliphatic rings. The highest BCUT2D eigenvalue weighted by molar-refractivity contribution is 6.29. The number of nitrogens with zero attached hydrogens (tertiary/aromatic N) is 2. The van der Waals surface area contributed by atoms with Crippen molar-refractivity contribution >= 4 is 18.8 Å². The number of aromatic nitrogens is 1. The van der Waals surface area contributed by atoms with Crippen LogP contribution in [0.1, 0.15) is 44.6 Å². The van der Waals surface area contributed by atoms with Gasteiger partial charge in [0, 0.05) is 30.3 Å². The number of aryl methyl sites for hydroxylation is 2. The fourth-order valence-corrected chi connectivity index (χ4v) is 3.17. The standard InChI is InChI=1S/C16H21BN2/c1-10-9-12(3)19-15(10)14(16(4,5)6)13-8-7-11(2)18(13)17-19/h7-9H,1-6H3. The zero-order chi connectivity index (χ0) is 13.9. The maximum absolute atomic E-state index is 2.33. The Morgan fingerprint density at radius 3 is 2.42 bits per heavy atom. The first-order chi connectivity index (χ1) is 8.80. The van der Waals surface area contributed by atoms with E-state index in [9.17, 15) is 0 Å². The topological polar surface area (TPSA) is 7.94 Å². The number of allylic oxidation sites excluding steroid dienone is 3. The van der Waals surface area contributed by atoms with E-state index in [0.717, 1.165) is 0 Å². The Bertz CT molecular complexity index is 664. The molecular weight excluding hydrogens is 231 g/mol. The average Bonchev–Trinajstić information content (AvgIpc) is 2.79. The van der Waals surface area contributed by atoms with Crippen LogP contribution in [-0.2, 0) is 0 Å². The number of hydrogen-bond acceptors (Lipinski definition) is 0. The van der Waals surface area contributed by atoms with Gasteiger partial charge in [0.15, 0.2) is 5.70 Å². The number of hydrogen-bond donors (Lipinski definition) is 0. The molecule has 0 unspecified atom stereocenters. The molecule has 0 N–H and O–H groups in total. The molecule has 19 heavy (non-hydrogen) atoms. The van der Waals surface area contributed by atoms with Gasteiger partial charge in [-0.1, -0.05) is 20.8 Å². The van der Waals surface area contributed by atoms with Crippen LogP contribution in [0.25, 0.3) is 5.57 Å². The smallest absolute Gasteiger partial charge is 0.221 e. The zero-order valence-electron chi connectivity index (χ0n) is 12.7. The average molecular weight is 252 g/mol. The second kappa shape index (κ2) is 3.75. The molecule has 0 fully saturated rings. The molecule has 1 aromatic rings. The largest absolute Gasteiger partial charge is 0.504 e. The summed E-state index contributed by atoms with van der Waals surface area (Å²) < 4.78 is 4.63. The van der Waals surface area contributed by atoms with Crippen LogP contribution in [-0.4, -0.2) is 22.2 Å². The summed E-state index contributed by atoms with van der Waals surface area (Å²) in [6.07, 6.45) is 4.45. The third-order valence-electron chi connectivity index (χ3n) is 4.02. The predicted molar refractivity (Wildman–Crippen MR) is 81.5 cm³/mol. The Morgan fingerprint density at radius 2 is 1.79 bits per heavy atom. The van der Waals surface area contributed by atoms with Gasteiger partial charge in [-0.15, -0.1) is 0 Å². The van der Waals surface area contributed by atoms with Crippen LogP contribution >= 0.6 is 0 Å². The molecule has 0 aromatic carbocycles. The summed E-state index contributed by atoms with van der Waals surface area (Å²) in [5.74, 6) is 0. The van der Waals surface area contributed by atoms with E-state index in [1.165, 1.54) is 33.9 Å². The van der Waals surface area contributed by atoms with Crippen LogP contribution in [0.15, 0.2) is 23.9 Å². The van der Waals surface area contributed by atoms with Crippen LogP contribution < -0.4 is 0 Å². The number of rotatable bonds is 0. The van der Waals surface area contributed by atoms with Crippen LogP contribution in [0.4, 0.5) is 0 Å². The first-order valence-corrected chi connectivity index (χ1v) is 6.90. The van der Waals surface area contributed by atoms with Crippen molar-refractivity contribution in [3.05, 3.63) is 40.9 Å². The summed E-state index contributed by atoms with van der Waals surface area (Å²) in [6, 6.07) is 2.28. The lowest BCUT2D eigenvalue weighted by molar-refractivity contribution is -0.314. The van der Waals surface area contributed by atoms with E-state index in [0.29, 0.717) is 0 Å². The third-order valence-corrected chi connectivity index (χ3v) is 4.02. The second-order valence-electron chi connectivity index (χ2n) is 6.66. The van der Waals surface area contributed by atoms with Crippen LogP contribution in [0.5, 0.6) is 0 Å². The van der Waals surface area contributed by atoms with Crippen molar-refractivity contribution in [2.45, 2.75) is 41.5 Å². The van der Waals surface area contributed by atoms with E-state index in [1.54, 1.807) is 0 Å². The van der Waals surface area contributed by atoms with Crippen molar-refractivity contribution in [2.24, 2.45) is 5.41 Å². The van der Waals surface area contributed by atoms with Crippen molar-refractivity contribution in [1.82, 2.24) is 4.48 Å². The van der Waals surface area contributed by atoms with Gasteiger partial charge in [-0.05, 0) is 36.6 Å². The third kappa shape index (κ3) is 1.67. The molecule has 98 valence electrons. The SMILES string of the molecule is CC1=[N+]2[B-]n3c(C)cc(C)c3C(C(C)(C)C)=C2C=C1. The molecule has 0 saturated carbocycles. The van der Waals surface area contributed by atoms with Crippen molar-refractivity contribution in [3.63, 3.8) is 0 Å². The molecule has 2 aliphatic heterocycles. The lowest BCUT2D eigenvalue weighted by Crippen LogP contribution is -2.34.